The number of hydrogen-bond donors (Lipinski definition) is 5. The number of nitrogens with zero attached hydrogens (tertiary/aromatic N) is 2. The van der Waals surface area contributed by atoms with Crippen LogP contribution in [0.2, 0.25) is 5.02 Å². The van der Waals surface area contributed by atoms with Crippen molar-refractivity contribution in [2.75, 3.05) is 6.54 Å². The van der Waals surface area contributed by atoms with Crippen molar-refractivity contribution in [1.29, 1.82) is 5.26 Å². The number of nitriles is 1. The first-order chi connectivity index (χ1) is 15.3. The Labute approximate surface area is 189 Å². The number of rotatable bonds is 7. The summed E-state index contributed by atoms with van der Waals surface area (Å²) in [6.07, 6.45) is 7.19. The lowest BCUT2D eigenvalue weighted by Gasteiger charge is -2.15. The van der Waals surface area contributed by atoms with Crippen molar-refractivity contribution in [2.45, 2.75) is 24.9 Å². The zero-order chi connectivity index (χ0) is 23.3. The molecule has 1 aliphatic rings. The molecule has 3 rings (SSSR count). The number of carbonyl (C=O) groups is 1. The molecule has 0 bridgehead atoms. The number of aromatic hydroxyl groups is 1. The van der Waals surface area contributed by atoms with Crippen LogP contribution in [-0.4, -0.2) is 29.2 Å². The highest BCUT2D eigenvalue weighted by Gasteiger charge is 2.40. The number of aliphatic imine (C=N–C) groups is 1. The van der Waals surface area contributed by atoms with Gasteiger partial charge in [0.15, 0.2) is 5.96 Å². The summed E-state index contributed by atoms with van der Waals surface area (Å²) in [5.41, 5.74) is 11.4. The molecular weight excluding hydrogens is 435 g/mol. The highest BCUT2D eigenvalue weighted by atomic mass is 35.5. The second-order valence-corrected chi connectivity index (χ2v) is 7.48. The van der Waals surface area contributed by atoms with Crippen LogP contribution in [-0.2, 0) is 0 Å². The molecule has 10 heteroatoms. The first-order valence-corrected chi connectivity index (χ1v) is 9.99. The minimum Gasteiger partial charge on any atom is -0.507 e. The van der Waals surface area contributed by atoms with Crippen molar-refractivity contribution in [3.63, 3.8) is 0 Å². The van der Waals surface area contributed by atoms with Crippen LogP contribution >= 0.6 is 11.6 Å². The fourth-order valence-corrected chi connectivity index (χ4v) is 3.45. The van der Waals surface area contributed by atoms with Crippen LogP contribution in [0.5, 0.6) is 5.75 Å². The minimum atomic E-state index is -0.819. The summed E-state index contributed by atoms with van der Waals surface area (Å²) in [6.45, 7) is 0.295. The van der Waals surface area contributed by atoms with Crippen molar-refractivity contribution >= 4 is 23.5 Å². The molecule has 0 radical (unpaired) electrons. The van der Waals surface area contributed by atoms with Gasteiger partial charge in [-0.25, -0.2) is 15.2 Å². The van der Waals surface area contributed by atoms with Crippen LogP contribution in [0.1, 0.15) is 35.2 Å². The third-order valence-electron chi connectivity index (χ3n) is 4.99. The maximum atomic E-state index is 14.0. The van der Waals surface area contributed by atoms with E-state index in [9.17, 15) is 19.6 Å². The fourth-order valence-electron chi connectivity index (χ4n) is 3.23. The van der Waals surface area contributed by atoms with Gasteiger partial charge in [-0.1, -0.05) is 23.7 Å². The number of nitrogens with two attached hydrogens (primary N) is 1. The molecule has 0 saturated carbocycles. The Bertz CT molecular complexity index is 1160. The molecule has 1 saturated heterocycles. The van der Waals surface area contributed by atoms with Gasteiger partial charge >= 0.3 is 0 Å². The van der Waals surface area contributed by atoms with Crippen LogP contribution < -0.4 is 21.9 Å². The van der Waals surface area contributed by atoms with Crippen LogP contribution in [0, 0.1) is 29.5 Å². The number of hydrogen-bond acceptors (Lipinski definition) is 6. The van der Waals surface area contributed by atoms with E-state index in [1.807, 2.05) is 6.07 Å². The number of terminal acetylenes is 1. The molecule has 1 amide bonds. The maximum Gasteiger partial charge on any atom is 0.262 e. The van der Waals surface area contributed by atoms with E-state index in [0.29, 0.717) is 19.4 Å². The van der Waals surface area contributed by atoms with Crippen molar-refractivity contribution in [3.05, 3.63) is 52.3 Å². The molecule has 164 valence electrons. The summed E-state index contributed by atoms with van der Waals surface area (Å²) in [6, 6.07) is 8.41. The van der Waals surface area contributed by atoms with Gasteiger partial charge in [-0.3, -0.25) is 15.1 Å². The Balaban J connectivity index is 1.85. The molecule has 0 unspecified atom stereocenters. The van der Waals surface area contributed by atoms with E-state index in [2.05, 4.69) is 27.1 Å². The summed E-state index contributed by atoms with van der Waals surface area (Å²) >= 11 is 6.07. The van der Waals surface area contributed by atoms with E-state index in [0.717, 1.165) is 12.5 Å². The molecule has 1 heterocycles. The number of guanidine groups is 1. The molecule has 6 N–H and O–H groups in total. The van der Waals surface area contributed by atoms with Gasteiger partial charge in [-0.15, -0.1) is 12.3 Å². The molecule has 2 aromatic rings. The lowest BCUT2D eigenvalue weighted by atomic mass is 9.93. The normalized spacial score (nSPS) is 14.3. The largest absolute Gasteiger partial charge is 0.507 e. The Morgan fingerprint density at radius 1 is 1.34 bits per heavy atom. The molecule has 8 nitrogen and oxygen atoms in total. The molecule has 0 aliphatic carbocycles. The Hall–Kier alpha value is -3.63. The summed E-state index contributed by atoms with van der Waals surface area (Å²) in [4.78, 5) is 17.1. The Morgan fingerprint density at radius 2 is 2.09 bits per heavy atom. The SMILES string of the molecule is C#CCCC1(CCN=C(N)NC(=O)c2c(O)ccc(C#N)c2-c2cccc(F)c2Cl)NN1. The molecule has 1 fully saturated rings. The Kier molecular flexibility index (Phi) is 6.96. The lowest BCUT2D eigenvalue weighted by molar-refractivity contribution is 0.0974. The molecule has 2 aromatic carbocycles. The van der Waals surface area contributed by atoms with Gasteiger partial charge in [0.25, 0.3) is 5.91 Å². The topological polar surface area (TPSA) is 155 Å². The van der Waals surface area contributed by atoms with Gasteiger partial charge in [0.05, 0.1) is 27.9 Å². The number of phenolic OH excluding ortho intramolecular Hbond substituents is 1. The molecule has 32 heavy (non-hydrogen) atoms. The lowest BCUT2D eigenvalue weighted by Crippen LogP contribution is -2.37. The maximum absolute atomic E-state index is 14.0. The smallest absolute Gasteiger partial charge is 0.262 e. The monoisotopic (exact) mass is 454 g/mol. The van der Waals surface area contributed by atoms with E-state index in [4.69, 9.17) is 23.8 Å². The third-order valence-corrected chi connectivity index (χ3v) is 5.37. The van der Waals surface area contributed by atoms with Gasteiger partial charge in [0.1, 0.15) is 11.6 Å². The number of halogens is 2. The Morgan fingerprint density at radius 3 is 2.75 bits per heavy atom. The van der Waals surface area contributed by atoms with Crippen LogP contribution in [0.25, 0.3) is 11.1 Å². The molecule has 0 aromatic heterocycles. The van der Waals surface area contributed by atoms with E-state index in [-0.39, 0.29) is 38.9 Å². The van der Waals surface area contributed by atoms with Gasteiger partial charge < -0.3 is 10.8 Å². The van der Waals surface area contributed by atoms with Gasteiger partial charge in [-0.2, -0.15) is 5.26 Å². The van der Waals surface area contributed by atoms with E-state index >= 15 is 0 Å². The second kappa shape index (κ2) is 9.67. The van der Waals surface area contributed by atoms with Gasteiger partial charge in [0, 0.05) is 30.5 Å². The first kappa shape index (κ1) is 23.0. The number of amides is 1. The van der Waals surface area contributed by atoms with Crippen LogP contribution in [0.15, 0.2) is 35.3 Å². The number of phenols is 1. The summed E-state index contributed by atoms with van der Waals surface area (Å²) in [5.74, 6) is 0.414. The van der Waals surface area contributed by atoms with E-state index in [1.54, 1.807) is 0 Å². The summed E-state index contributed by atoms with van der Waals surface area (Å²) in [7, 11) is 0. The number of benzene rings is 2. The zero-order valence-corrected chi connectivity index (χ0v) is 17.6. The van der Waals surface area contributed by atoms with Crippen molar-refractivity contribution in [1.82, 2.24) is 16.2 Å². The second-order valence-electron chi connectivity index (χ2n) is 7.10. The molecule has 1 aliphatic heterocycles. The average molecular weight is 455 g/mol. The average Bonchev–Trinajstić information content (AvgIpc) is 3.53. The highest BCUT2D eigenvalue weighted by molar-refractivity contribution is 6.34. The number of nitrogens with one attached hydrogen (secondary N) is 3. The van der Waals surface area contributed by atoms with E-state index in [1.165, 1.54) is 24.3 Å². The summed E-state index contributed by atoms with van der Waals surface area (Å²) < 4.78 is 14.0. The number of carbonyl (C=O) groups excluding carboxylic acids is 1. The van der Waals surface area contributed by atoms with Crippen molar-refractivity contribution < 1.29 is 14.3 Å². The predicted octanol–water partition coefficient (Wildman–Crippen LogP) is 2.38. The van der Waals surface area contributed by atoms with Crippen molar-refractivity contribution in [3.8, 4) is 35.3 Å². The van der Waals surface area contributed by atoms with Crippen molar-refractivity contribution in [2.24, 2.45) is 10.7 Å². The molecule has 0 spiro atoms. The fraction of sp³-hybridized carbons (Fsp3) is 0.227. The van der Waals surface area contributed by atoms with E-state index < -0.39 is 17.5 Å². The van der Waals surface area contributed by atoms with Crippen LogP contribution in [0.3, 0.4) is 0 Å². The highest BCUT2D eigenvalue weighted by Crippen LogP contribution is 2.38. The number of hydrazine groups is 1. The third kappa shape index (κ3) is 4.98. The van der Waals surface area contributed by atoms with Gasteiger partial charge in [-0.05, 0) is 24.6 Å². The predicted molar refractivity (Wildman–Crippen MR) is 119 cm³/mol. The summed E-state index contributed by atoms with van der Waals surface area (Å²) in [5, 5.41) is 22.0. The standard InChI is InChI=1S/C22H20ClFN6O2/c1-2-3-9-22(29-30-22)10-11-27-21(26)28-20(32)18-16(31)8-7-13(12-25)17(18)14-5-4-6-15(24)19(14)23/h1,4-8,29-31H,3,9-11H2,(H3,26,27,28,32). The molecular formula is C22H20ClFN6O2. The zero-order valence-electron chi connectivity index (χ0n) is 16.9. The minimum absolute atomic E-state index is 0.0121. The van der Waals surface area contributed by atoms with Crippen LogP contribution in [0.4, 0.5) is 4.39 Å². The van der Waals surface area contributed by atoms with Gasteiger partial charge in [0.2, 0.25) is 0 Å². The first-order valence-electron chi connectivity index (χ1n) is 9.61. The molecule has 0 atom stereocenters. The quantitative estimate of drug-likeness (QED) is 0.187.